The Balaban J connectivity index is 1.88. The second-order valence-electron chi connectivity index (χ2n) is 7.29. The molecule has 0 bridgehead atoms. The Hall–Kier alpha value is -3.35. The molecule has 7 heteroatoms. The molecule has 0 fully saturated rings. The highest BCUT2D eigenvalue weighted by atomic mass is 16.1. The maximum atomic E-state index is 12.1. The summed E-state index contributed by atoms with van der Waals surface area (Å²) in [5, 5.41) is 13.1. The van der Waals surface area contributed by atoms with Crippen LogP contribution >= 0.6 is 0 Å². The van der Waals surface area contributed by atoms with Crippen LogP contribution in [0.5, 0.6) is 0 Å². The molecule has 0 radical (unpaired) electrons. The maximum absolute atomic E-state index is 12.1. The molecule has 142 valence electrons. The molecule has 0 spiro atoms. The van der Waals surface area contributed by atoms with E-state index in [4.69, 9.17) is 10.1 Å². The SMILES string of the molecule is CC(C)Cc1nc([C@H](C)c2n[nH]c(=O)c3ccccc23)n(-c2ccccn2)n1. The summed E-state index contributed by atoms with van der Waals surface area (Å²) in [4.78, 5) is 21.4. The van der Waals surface area contributed by atoms with Gasteiger partial charge in [0.05, 0.1) is 17.0 Å². The van der Waals surface area contributed by atoms with E-state index in [0.717, 1.165) is 29.1 Å². The van der Waals surface area contributed by atoms with Crippen LogP contribution in [0, 0.1) is 5.92 Å². The van der Waals surface area contributed by atoms with Crippen LogP contribution in [-0.2, 0) is 6.42 Å². The van der Waals surface area contributed by atoms with Gasteiger partial charge in [-0.3, -0.25) is 4.79 Å². The average Bonchev–Trinajstić information content (AvgIpc) is 3.12. The second kappa shape index (κ2) is 7.34. The number of nitrogens with one attached hydrogen (secondary N) is 1. The number of hydrogen-bond donors (Lipinski definition) is 1. The fourth-order valence-electron chi connectivity index (χ4n) is 3.34. The van der Waals surface area contributed by atoms with Gasteiger partial charge in [-0.15, -0.1) is 5.10 Å². The lowest BCUT2D eigenvalue weighted by Crippen LogP contribution is -2.15. The van der Waals surface area contributed by atoms with Crippen molar-refractivity contribution in [1.29, 1.82) is 0 Å². The van der Waals surface area contributed by atoms with Crippen molar-refractivity contribution < 1.29 is 0 Å². The first kappa shape index (κ1) is 18.0. The van der Waals surface area contributed by atoms with Gasteiger partial charge < -0.3 is 0 Å². The van der Waals surface area contributed by atoms with Crippen LogP contribution in [0.1, 0.15) is 44.0 Å². The first-order valence-electron chi connectivity index (χ1n) is 9.39. The predicted molar refractivity (Wildman–Crippen MR) is 108 cm³/mol. The molecule has 28 heavy (non-hydrogen) atoms. The summed E-state index contributed by atoms with van der Waals surface area (Å²) in [5.41, 5.74) is 0.564. The quantitative estimate of drug-likeness (QED) is 0.579. The summed E-state index contributed by atoms with van der Waals surface area (Å²) < 4.78 is 1.78. The van der Waals surface area contributed by atoms with Gasteiger partial charge in [0.15, 0.2) is 11.6 Å². The molecule has 1 aromatic carbocycles. The Kier molecular flexibility index (Phi) is 4.73. The van der Waals surface area contributed by atoms with Crippen molar-refractivity contribution in [3.8, 4) is 5.82 Å². The van der Waals surface area contributed by atoms with Gasteiger partial charge in [-0.1, -0.05) is 38.1 Å². The number of pyridine rings is 1. The minimum atomic E-state index is -0.196. The lowest BCUT2D eigenvalue weighted by molar-refractivity contribution is 0.618. The van der Waals surface area contributed by atoms with Gasteiger partial charge in [0.2, 0.25) is 0 Å². The highest BCUT2D eigenvalue weighted by molar-refractivity contribution is 5.84. The number of rotatable bonds is 5. The van der Waals surface area contributed by atoms with Crippen LogP contribution in [-0.4, -0.2) is 29.9 Å². The van der Waals surface area contributed by atoms with E-state index >= 15 is 0 Å². The Morgan fingerprint density at radius 2 is 1.79 bits per heavy atom. The zero-order valence-corrected chi connectivity index (χ0v) is 16.1. The Morgan fingerprint density at radius 3 is 2.50 bits per heavy atom. The summed E-state index contributed by atoms with van der Waals surface area (Å²) in [7, 11) is 0. The average molecular weight is 374 g/mol. The Bertz CT molecular complexity index is 1160. The van der Waals surface area contributed by atoms with Crippen molar-refractivity contribution in [3.05, 3.63) is 76.4 Å². The van der Waals surface area contributed by atoms with Crippen molar-refractivity contribution in [3.63, 3.8) is 0 Å². The van der Waals surface area contributed by atoms with Crippen LogP contribution in [0.25, 0.3) is 16.6 Å². The van der Waals surface area contributed by atoms with Gasteiger partial charge in [-0.2, -0.15) is 9.78 Å². The first-order chi connectivity index (χ1) is 13.5. The van der Waals surface area contributed by atoms with E-state index < -0.39 is 0 Å². The van der Waals surface area contributed by atoms with Gasteiger partial charge in [0, 0.05) is 18.0 Å². The molecule has 4 rings (SSSR count). The molecule has 7 nitrogen and oxygen atoms in total. The molecule has 0 saturated heterocycles. The molecular formula is C21H22N6O. The van der Waals surface area contributed by atoms with Gasteiger partial charge in [0.25, 0.3) is 5.56 Å². The lowest BCUT2D eigenvalue weighted by atomic mass is 10.0. The molecule has 1 atom stereocenters. The number of hydrogen-bond acceptors (Lipinski definition) is 5. The van der Waals surface area contributed by atoms with E-state index in [1.807, 2.05) is 43.3 Å². The van der Waals surface area contributed by atoms with Crippen LogP contribution in [0.15, 0.2) is 53.5 Å². The molecule has 0 saturated carbocycles. The monoisotopic (exact) mass is 374 g/mol. The number of benzene rings is 1. The summed E-state index contributed by atoms with van der Waals surface area (Å²) in [5.74, 6) is 2.49. The van der Waals surface area contributed by atoms with Crippen LogP contribution < -0.4 is 5.56 Å². The standard InChI is InChI=1S/C21H22N6O/c1-13(2)12-17-23-20(27(26-17)18-10-6-7-11-22-18)14(3)19-15-8-4-5-9-16(15)21(28)25-24-19/h4-11,13-14H,12H2,1-3H3,(H,25,28)/t14-/m1/s1. The molecule has 0 unspecified atom stereocenters. The highest BCUT2D eigenvalue weighted by Gasteiger charge is 2.23. The largest absolute Gasteiger partial charge is 0.272 e. The summed E-state index contributed by atoms with van der Waals surface area (Å²) >= 11 is 0. The first-order valence-corrected chi connectivity index (χ1v) is 9.39. The summed E-state index contributed by atoms with van der Waals surface area (Å²) in [6.07, 6.45) is 2.51. The van der Waals surface area contributed by atoms with E-state index in [9.17, 15) is 4.79 Å². The Morgan fingerprint density at radius 1 is 1.04 bits per heavy atom. The van der Waals surface area contributed by atoms with Crippen LogP contribution in [0.4, 0.5) is 0 Å². The fourth-order valence-corrected chi connectivity index (χ4v) is 3.34. The van der Waals surface area contributed by atoms with Crippen molar-refractivity contribution in [2.45, 2.75) is 33.1 Å². The van der Waals surface area contributed by atoms with Crippen LogP contribution in [0.2, 0.25) is 0 Å². The van der Waals surface area contributed by atoms with Crippen molar-refractivity contribution in [2.75, 3.05) is 0 Å². The topological polar surface area (TPSA) is 89.4 Å². The van der Waals surface area contributed by atoms with E-state index in [1.54, 1.807) is 16.9 Å². The Labute approximate surface area is 162 Å². The lowest BCUT2D eigenvalue weighted by Gasteiger charge is -2.13. The third-order valence-electron chi connectivity index (χ3n) is 4.66. The third-order valence-corrected chi connectivity index (χ3v) is 4.66. The highest BCUT2D eigenvalue weighted by Crippen LogP contribution is 2.27. The fraction of sp³-hybridized carbons (Fsp3) is 0.286. The van der Waals surface area contributed by atoms with Gasteiger partial charge in [-0.25, -0.2) is 15.1 Å². The number of nitrogens with zero attached hydrogens (tertiary/aromatic N) is 5. The molecule has 0 aliphatic carbocycles. The minimum absolute atomic E-state index is 0.183. The predicted octanol–water partition coefficient (Wildman–Crippen LogP) is 3.25. The van der Waals surface area contributed by atoms with Gasteiger partial charge in [-0.05, 0) is 31.0 Å². The van der Waals surface area contributed by atoms with Crippen molar-refractivity contribution >= 4 is 10.8 Å². The van der Waals surface area contributed by atoms with E-state index in [0.29, 0.717) is 17.1 Å². The summed E-state index contributed by atoms with van der Waals surface area (Å²) in [6, 6.07) is 13.2. The molecule has 3 heterocycles. The van der Waals surface area contributed by atoms with Crippen LogP contribution in [0.3, 0.4) is 0 Å². The molecule has 0 amide bonds. The molecule has 0 aliphatic rings. The number of fused-ring (bicyclic) bond motifs is 1. The third kappa shape index (κ3) is 3.31. The molecule has 4 aromatic rings. The second-order valence-corrected chi connectivity index (χ2v) is 7.29. The molecular weight excluding hydrogens is 352 g/mol. The molecule has 0 aliphatic heterocycles. The van der Waals surface area contributed by atoms with Crippen molar-refractivity contribution in [1.82, 2.24) is 29.9 Å². The smallest absolute Gasteiger partial charge is 0.267 e. The maximum Gasteiger partial charge on any atom is 0.272 e. The molecule has 3 aromatic heterocycles. The van der Waals surface area contributed by atoms with Crippen molar-refractivity contribution in [2.24, 2.45) is 5.92 Å². The normalized spacial score (nSPS) is 12.6. The number of H-pyrrole nitrogens is 1. The van der Waals surface area contributed by atoms with Gasteiger partial charge in [0.1, 0.15) is 5.82 Å². The van der Waals surface area contributed by atoms with Gasteiger partial charge >= 0.3 is 0 Å². The molecule has 1 N–H and O–H groups in total. The number of aromatic nitrogens is 6. The zero-order valence-electron chi connectivity index (χ0n) is 16.1. The number of aromatic amines is 1. The van der Waals surface area contributed by atoms with E-state index in [2.05, 4.69) is 29.0 Å². The zero-order chi connectivity index (χ0) is 19.7. The minimum Gasteiger partial charge on any atom is -0.267 e. The van der Waals surface area contributed by atoms with E-state index in [-0.39, 0.29) is 11.5 Å². The summed E-state index contributed by atoms with van der Waals surface area (Å²) in [6.45, 7) is 6.30. The van der Waals surface area contributed by atoms with E-state index in [1.165, 1.54) is 0 Å².